The number of para-hydroxylation sites is 2. The summed E-state index contributed by atoms with van der Waals surface area (Å²) < 4.78 is 4.56. The van der Waals surface area contributed by atoms with Crippen LogP contribution in [0.1, 0.15) is 0 Å². The molecular formula is C30H20N4. The van der Waals surface area contributed by atoms with Crippen LogP contribution < -0.4 is 0 Å². The molecule has 0 saturated carbocycles. The highest BCUT2D eigenvalue weighted by molar-refractivity contribution is 6.20. The lowest BCUT2D eigenvalue weighted by Gasteiger charge is -2.09. The number of nitrogens with zero attached hydrogens (tertiary/aromatic N) is 4. The van der Waals surface area contributed by atoms with Gasteiger partial charge in [0.1, 0.15) is 5.82 Å². The van der Waals surface area contributed by atoms with Crippen molar-refractivity contribution in [3.8, 4) is 22.6 Å². The lowest BCUT2D eigenvalue weighted by Crippen LogP contribution is -1.97. The fraction of sp³-hybridized carbons (Fsp3) is 0. The molecule has 0 saturated heterocycles. The third-order valence-corrected chi connectivity index (χ3v) is 6.49. The lowest BCUT2D eigenvalue weighted by atomic mass is 10.1. The first-order valence-electron chi connectivity index (χ1n) is 11.3. The first-order valence-corrected chi connectivity index (χ1v) is 11.3. The van der Waals surface area contributed by atoms with E-state index in [0.29, 0.717) is 0 Å². The summed E-state index contributed by atoms with van der Waals surface area (Å²) in [5.74, 6) is 0.889. The van der Waals surface area contributed by atoms with Gasteiger partial charge < -0.3 is 9.13 Å². The molecule has 160 valence electrons. The molecule has 0 spiro atoms. The molecule has 4 heterocycles. The number of pyridine rings is 2. The summed E-state index contributed by atoms with van der Waals surface area (Å²) >= 11 is 0. The number of rotatable bonds is 3. The summed E-state index contributed by atoms with van der Waals surface area (Å²) in [5, 5.41) is 3.66. The Morgan fingerprint density at radius 3 is 2.41 bits per heavy atom. The number of aromatic nitrogens is 4. The number of fused-ring (bicyclic) bond motifs is 5. The van der Waals surface area contributed by atoms with Gasteiger partial charge in [0.15, 0.2) is 0 Å². The zero-order valence-electron chi connectivity index (χ0n) is 18.3. The molecule has 0 atom stereocenters. The maximum absolute atomic E-state index is 4.75. The maximum Gasteiger partial charge on any atom is 0.137 e. The number of benzene rings is 3. The van der Waals surface area contributed by atoms with Gasteiger partial charge in [0.05, 0.1) is 16.6 Å². The van der Waals surface area contributed by atoms with E-state index in [1.807, 2.05) is 24.5 Å². The Morgan fingerprint density at radius 1 is 0.647 bits per heavy atom. The lowest BCUT2D eigenvalue weighted by molar-refractivity contribution is 1.05. The minimum absolute atomic E-state index is 0.889. The van der Waals surface area contributed by atoms with E-state index < -0.39 is 0 Å². The molecule has 0 aliphatic heterocycles. The van der Waals surface area contributed by atoms with Crippen molar-refractivity contribution in [2.45, 2.75) is 0 Å². The molecule has 0 amide bonds. The summed E-state index contributed by atoms with van der Waals surface area (Å²) in [6.45, 7) is 0. The molecule has 3 aromatic carbocycles. The van der Waals surface area contributed by atoms with Crippen LogP contribution in [0.15, 0.2) is 122 Å². The number of hydrogen-bond acceptors (Lipinski definition) is 2. The molecule has 7 aromatic rings. The van der Waals surface area contributed by atoms with Gasteiger partial charge in [-0.25, -0.2) is 4.98 Å². The Hall–Kier alpha value is -4.70. The van der Waals surface area contributed by atoms with Gasteiger partial charge in [0.2, 0.25) is 0 Å². The second-order valence-corrected chi connectivity index (χ2v) is 8.42. The second-order valence-electron chi connectivity index (χ2n) is 8.42. The van der Waals surface area contributed by atoms with Crippen molar-refractivity contribution in [2.75, 3.05) is 0 Å². The third-order valence-electron chi connectivity index (χ3n) is 6.49. The van der Waals surface area contributed by atoms with E-state index in [0.717, 1.165) is 22.6 Å². The fourth-order valence-corrected chi connectivity index (χ4v) is 4.99. The topological polar surface area (TPSA) is 35.6 Å². The van der Waals surface area contributed by atoms with Crippen LogP contribution in [0.2, 0.25) is 0 Å². The van der Waals surface area contributed by atoms with E-state index in [1.54, 1.807) is 6.20 Å². The van der Waals surface area contributed by atoms with E-state index in [4.69, 9.17) is 4.98 Å². The first-order chi connectivity index (χ1) is 16.9. The predicted molar refractivity (Wildman–Crippen MR) is 139 cm³/mol. The second kappa shape index (κ2) is 7.42. The van der Waals surface area contributed by atoms with Crippen LogP contribution in [0.3, 0.4) is 0 Å². The van der Waals surface area contributed by atoms with Gasteiger partial charge in [-0.05, 0) is 54.1 Å². The van der Waals surface area contributed by atoms with Crippen molar-refractivity contribution < 1.29 is 0 Å². The van der Waals surface area contributed by atoms with Crippen LogP contribution in [0.25, 0.3) is 55.3 Å². The Morgan fingerprint density at radius 2 is 1.53 bits per heavy atom. The molecule has 0 unspecified atom stereocenters. The zero-order chi connectivity index (χ0) is 22.5. The molecule has 0 aliphatic rings. The highest BCUT2D eigenvalue weighted by Crippen LogP contribution is 2.38. The average molecular weight is 437 g/mol. The van der Waals surface area contributed by atoms with E-state index >= 15 is 0 Å². The normalized spacial score (nSPS) is 11.5. The van der Waals surface area contributed by atoms with Crippen LogP contribution in [-0.2, 0) is 0 Å². The molecule has 0 N–H and O–H groups in total. The minimum atomic E-state index is 0.889. The average Bonchev–Trinajstić information content (AvgIpc) is 3.49. The molecule has 4 heteroatoms. The highest BCUT2D eigenvalue weighted by atomic mass is 15.1. The highest BCUT2D eigenvalue weighted by Gasteiger charge is 2.17. The fourth-order valence-electron chi connectivity index (χ4n) is 4.99. The molecule has 0 bridgehead atoms. The standard InChI is InChI=1S/C30H20N4/c1-2-8-24(9-3-1)34-26-11-5-4-10-25(26)29-27(34)13-12-21-15-18-33(30(21)29)28-19-22(14-17-32-28)23-7-6-16-31-20-23/h1-20H. The SMILES string of the molecule is c1ccc(-n2c3ccccc3c3c4c(ccc32)ccn4-c2cc(-c3cccnc3)ccn2)cc1. The Balaban J connectivity index is 1.55. The van der Waals surface area contributed by atoms with Crippen molar-refractivity contribution in [2.24, 2.45) is 0 Å². The van der Waals surface area contributed by atoms with Crippen molar-refractivity contribution in [3.05, 3.63) is 122 Å². The monoisotopic (exact) mass is 436 g/mol. The molecule has 0 radical (unpaired) electrons. The van der Waals surface area contributed by atoms with Crippen molar-refractivity contribution in [1.82, 2.24) is 19.1 Å². The van der Waals surface area contributed by atoms with Gasteiger partial charge in [-0.2, -0.15) is 0 Å². The van der Waals surface area contributed by atoms with Gasteiger partial charge in [-0.1, -0.05) is 48.5 Å². The van der Waals surface area contributed by atoms with Crippen LogP contribution in [0.4, 0.5) is 0 Å². The molecule has 0 fully saturated rings. The van der Waals surface area contributed by atoms with Crippen molar-refractivity contribution >= 4 is 32.7 Å². The summed E-state index contributed by atoms with van der Waals surface area (Å²) in [7, 11) is 0. The first kappa shape index (κ1) is 18.8. The molecule has 7 rings (SSSR count). The zero-order valence-corrected chi connectivity index (χ0v) is 18.3. The number of hydrogen-bond donors (Lipinski definition) is 0. The summed E-state index contributed by atoms with van der Waals surface area (Å²) in [5.41, 5.74) is 6.87. The van der Waals surface area contributed by atoms with Crippen molar-refractivity contribution in [3.63, 3.8) is 0 Å². The van der Waals surface area contributed by atoms with Gasteiger partial charge in [-0.15, -0.1) is 0 Å². The Labute approximate surface area is 196 Å². The van der Waals surface area contributed by atoms with Crippen LogP contribution in [0.5, 0.6) is 0 Å². The van der Waals surface area contributed by atoms with Gasteiger partial charge in [0, 0.05) is 52.2 Å². The molecular weight excluding hydrogens is 416 g/mol. The third kappa shape index (κ3) is 2.79. The molecule has 34 heavy (non-hydrogen) atoms. The Bertz CT molecular complexity index is 1790. The smallest absolute Gasteiger partial charge is 0.137 e. The van der Waals surface area contributed by atoms with E-state index in [1.165, 1.54) is 32.7 Å². The Kier molecular flexibility index (Phi) is 4.11. The summed E-state index contributed by atoms with van der Waals surface area (Å²) in [6.07, 6.45) is 7.67. The molecule has 0 aliphatic carbocycles. The van der Waals surface area contributed by atoms with Crippen molar-refractivity contribution in [1.29, 1.82) is 0 Å². The molecule has 4 nitrogen and oxygen atoms in total. The van der Waals surface area contributed by atoms with E-state index in [9.17, 15) is 0 Å². The quantitative estimate of drug-likeness (QED) is 0.294. The predicted octanol–water partition coefficient (Wildman–Crippen LogP) is 7.18. The van der Waals surface area contributed by atoms with Gasteiger partial charge >= 0.3 is 0 Å². The summed E-state index contributed by atoms with van der Waals surface area (Å²) in [4.78, 5) is 9.03. The molecule has 4 aromatic heterocycles. The van der Waals surface area contributed by atoms with Gasteiger partial charge in [-0.3, -0.25) is 4.98 Å². The largest absolute Gasteiger partial charge is 0.309 e. The van der Waals surface area contributed by atoms with Crippen LogP contribution in [0, 0.1) is 0 Å². The van der Waals surface area contributed by atoms with Crippen LogP contribution in [-0.4, -0.2) is 19.1 Å². The van der Waals surface area contributed by atoms with Gasteiger partial charge in [0.25, 0.3) is 0 Å². The minimum Gasteiger partial charge on any atom is -0.309 e. The van der Waals surface area contributed by atoms with E-state index in [2.05, 4.69) is 105 Å². The van der Waals surface area contributed by atoms with E-state index in [-0.39, 0.29) is 0 Å². The maximum atomic E-state index is 4.75. The van der Waals surface area contributed by atoms with Crippen LogP contribution >= 0.6 is 0 Å². The summed E-state index contributed by atoms with van der Waals surface area (Å²) in [6, 6.07) is 34.0.